The average Bonchev–Trinajstić information content (AvgIpc) is 3.50. The molecule has 1 aliphatic heterocycles. The van der Waals surface area contributed by atoms with E-state index >= 15 is 0 Å². The number of fused-ring (bicyclic) bond motifs is 4. The molecule has 33 heavy (non-hydrogen) atoms. The van der Waals surface area contributed by atoms with Gasteiger partial charge in [0.25, 0.3) is 5.91 Å². The number of aromatic amines is 1. The molecule has 0 saturated heterocycles. The molecule has 4 heterocycles. The van der Waals surface area contributed by atoms with Crippen molar-refractivity contribution < 1.29 is 13.9 Å². The van der Waals surface area contributed by atoms with E-state index in [0.717, 1.165) is 23.4 Å². The lowest BCUT2D eigenvalue weighted by Gasteiger charge is -2.17. The van der Waals surface area contributed by atoms with E-state index in [2.05, 4.69) is 25.6 Å². The summed E-state index contributed by atoms with van der Waals surface area (Å²) in [6, 6.07) is 10.6. The number of amides is 1. The Hall–Kier alpha value is -3.94. The zero-order valence-electron chi connectivity index (χ0n) is 18.2. The first-order chi connectivity index (χ1) is 16.1. The molecule has 1 aromatic carbocycles. The molecule has 0 spiro atoms. The van der Waals surface area contributed by atoms with E-state index in [4.69, 9.17) is 4.74 Å². The topological polar surface area (TPSA) is 91.9 Å². The van der Waals surface area contributed by atoms with Gasteiger partial charge in [-0.25, -0.2) is 9.37 Å². The molecule has 3 aromatic heterocycles. The molecule has 3 N–H and O–H groups in total. The molecule has 2 aliphatic rings. The van der Waals surface area contributed by atoms with Crippen LogP contribution in [0.4, 0.5) is 15.8 Å². The van der Waals surface area contributed by atoms with Crippen LogP contribution in [-0.2, 0) is 6.42 Å². The summed E-state index contributed by atoms with van der Waals surface area (Å²) >= 11 is 0. The van der Waals surface area contributed by atoms with Gasteiger partial charge < -0.3 is 20.4 Å². The molecule has 0 bridgehead atoms. The number of halogens is 1. The second kappa shape index (κ2) is 7.30. The van der Waals surface area contributed by atoms with Crippen molar-refractivity contribution in [2.75, 3.05) is 12.4 Å². The molecule has 166 valence electrons. The van der Waals surface area contributed by atoms with E-state index in [1.807, 2.05) is 25.1 Å². The third-order valence-electron chi connectivity index (χ3n) is 6.50. The molecule has 6 rings (SSSR count). The number of aromatic nitrogens is 3. The summed E-state index contributed by atoms with van der Waals surface area (Å²) in [6.45, 7) is 1.91. The zero-order valence-corrected chi connectivity index (χ0v) is 18.2. The first-order valence-electron chi connectivity index (χ1n) is 11.0. The van der Waals surface area contributed by atoms with Crippen molar-refractivity contribution in [1.29, 1.82) is 0 Å². The van der Waals surface area contributed by atoms with Gasteiger partial charge in [0.05, 0.1) is 29.6 Å². The zero-order chi connectivity index (χ0) is 22.7. The maximum absolute atomic E-state index is 14.5. The summed E-state index contributed by atoms with van der Waals surface area (Å²) in [4.78, 5) is 25.6. The number of H-pyrrole nitrogens is 1. The Morgan fingerprint density at radius 2 is 2.12 bits per heavy atom. The van der Waals surface area contributed by atoms with Crippen molar-refractivity contribution in [3.05, 3.63) is 65.2 Å². The fourth-order valence-electron chi connectivity index (χ4n) is 4.77. The molecule has 1 amide bonds. The number of nitrogens with one attached hydrogen (secondary N) is 3. The maximum atomic E-state index is 14.5. The van der Waals surface area contributed by atoms with Gasteiger partial charge in [0, 0.05) is 46.7 Å². The smallest absolute Gasteiger partial charge is 0.255 e. The van der Waals surface area contributed by atoms with E-state index in [1.165, 1.54) is 6.07 Å². The SMILES string of the molecule is CCc1c(F)cccc1Nc1c(-c2ccnc3ccc(OC)nc23)[nH]c2c1C(=O)N[C@@H]1C[C@H]21. The lowest BCUT2D eigenvalue weighted by atomic mass is 10.0. The standard InChI is InChI=1S/C25H22FN5O2/c1-3-12-15(26)5-4-6-16(12)28-24-20-22(14-11-18(14)29-25(20)32)31-23(24)13-9-10-27-17-7-8-19(33-2)30-21(13)17/h4-10,14,18,28,31H,3,11H2,1-2H3,(H,29,32)/t14-,18+/m0/s1. The number of nitrogens with zero attached hydrogens (tertiary/aromatic N) is 2. The number of hydrogen-bond acceptors (Lipinski definition) is 5. The van der Waals surface area contributed by atoms with Crippen LogP contribution < -0.4 is 15.4 Å². The molecule has 1 fully saturated rings. The molecule has 1 saturated carbocycles. The van der Waals surface area contributed by atoms with Gasteiger partial charge in [0.2, 0.25) is 5.88 Å². The van der Waals surface area contributed by atoms with Crippen LogP contribution in [0.1, 0.15) is 40.9 Å². The number of carbonyl (C=O) groups excluding carboxylic acids is 1. The first kappa shape index (κ1) is 19.7. The quantitative estimate of drug-likeness (QED) is 0.417. The van der Waals surface area contributed by atoms with Crippen LogP contribution in [0.2, 0.25) is 0 Å². The number of carbonyl (C=O) groups is 1. The molecular weight excluding hydrogens is 421 g/mol. The Kier molecular flexibility index (Phi) is 4.36. The van der Waals surface area contributed by atoms with Gasteiger partial charge in [-0.3, -0.25) is 9.78 Å². The monoisotopic (exact) mass is 443 g/mol. The summed E-state index contributed by atoms with van der Waals surface area (Å²) in [7, 11) is 1.57. The Bertz CT molecular complexity index is 1430. The summed E-state index contributed by atoms with van der Waals surface area (Å²) in [5.74, 6) is 0.315. The van der Waals surface area contributed by atoms with Crippen LogP contribution in [0.3, 0.4) is 0 Å². The fraction of sp³-hybridized carbons (Fsp3) is 0.240. The van der Waals surface area contributed by atoms with Gasteiger partial charge >= 0.3 is 0 Å². The van der Waals surface area contributed by atoms with Gasteiger partial charge in [-0.05, 0) is 37.1 Å². The van der Waals surface area contributed by atoms with Crippen molar-refractivity contribution in [1.82, 2.24) is 20.3 Å². The van der Waals surface area contributed by atoms with Gasteiger partial charge in [0.15, 0.2) is 0 Å². The number of pyridine rings is 2. The van der Waals surface area contributed by atoms with Crippen molar-refractivity contribution in [3.63, 3.8) is 0 Å². The molecule has 8 heteroatoms. The van der Waals surface area contributed by atoms with Crippen molar-refractivity contribution >= 4 is 28.3 Å². The van der Waals surface area contributed by atoms with Crippen molar-refractivity contribution in [3.8, 4) is 17.1 Å². The van der Waals surface area contributed by atoms with Gasteiger partial charge in [-0.2, -0.15) is 0 Å². The lowest BCUT2D eigenvalue weighted by molar-refractivity contribution is 0.0944. The van der Waals surface area contributed by atoms with Crippen molar-refractivity contribution in [2.24, 2.45) is 0 Å². The molecule has 7 nitrogen and oxygen atoms in total. The number of ether oxygens (including phenoxy) is 1. The number of benzene rings is 1. The average molecular weight is 443 g/mol. The van der Waals surface area contributed by atoms with E-state index in [0.29, 0.717) is 45.8 Å². The lowest BCUT2D eigenvalue weighted by Crippen LogP contribution is -2.31. The first-order valence-corrected chi connectivity index (χ1v) is 11.0. The number of anilines is 2. The third-order valence-corrected chi connectivity index (χ3v) is 6.50. The summed E-state index contributed by atoms with van der Waals surface area (Å²) in [5.41, 5.74) is 6.17. The fourth-order valence-corrected chi connectivity index (χ4v) is 4.77. The molecule has 0 radical (unpaired) electrons. The molecule has 1 aliphatic carbocycles. The predicted octanol–water partition coefficient (Wildman–Crippen LogP) is 4.68. The Labute approximate surface area is 189 Å². The highest BCUT2D eigenvalue weighted by Gasteiger charge is 2.48. The normalized spacial score (nSPS) is 18.5. The highest BCUT2D eigenvalue weighted by Crippen LogP contribution is 2.50. The van der Waals surface area contributed by atoms with Crippen molar-refractivity contribution in [2.45, 2.75) is 31.7 Å². The molecule has 4 aromatic rings. The van der Waals surface area contributed by atoms with Crippen LogP contribution in [0.5, 0.6) is 5.88 Å². The minimum atomic E-state index is -0.277. The minimum Gasteiger partial charge on any atom is -0.481 e. The molecular formula is C25H22FN5O2. The molecule has 2 atom stereocenters. The van der Waals surface area contributed by atoms with Crippen LogP contribution in [-0.4, -0.2) is 34.0 Å². The Morgan fingerprint density at radius 1 is 1.24 bits per heavy atom. The molecule has 0 unspecified atom stereocenters. The van der Waals surface area contributed by atoms with Gasteiger partial charge in [0.1, 0.15) is 11.3 Å². The number of methoxy groups -OCH3 is 1. The number of hydrogen-bond donors (Lipinski definition) is 3. The highest BCUT2D eigenvalue weighted by atomic mass is 19.1. The number of rotatable bonds is 5. The highest BCUT2D eigenvalue weighted by molar-refractivity contribution is 6.09. The van der Waals surface area contributed by atoms with Gasteiger partial charge in [-0.1, -0.05) is 13.0 Å². The van der Waals surface area contributed by atoms with Crippen LogP contribution in [0.15, 0.2) is 42.6 Å². The van der Waals surface area contributed by atoms with Crippen LogP contribution in [0.25, 0.3) is 22.3 Å². The van der Waals surface area contributed by atoms with E-state index < -0.39 is 0 Å². The van der Waals surface area contributed by atoms with Gasteiger partial charge in [-0.15, -0.1) is 0 Å². The Morgan fingerprint density at radius 3 is 2.94 bits per heavy atom. The second-order valence-electron chi connectivity index (χ2n) is 8.41. The Balaban J connectivity index is 1.60. The van der Waals surface area contributed by atoms with Crippen LogP contribution in [0, 0.1) is 5.82 Å². The third kappa shape index (κ3) is 3.05. The minimum absolute atomic E-state index is 0.132. The predicted molar refractivity (Wildman–Crippen MR) is 124 cm³/mol. The summed E-state index contributed by atoms with van der Waals surface area (Å²) < 4.78 is 19.9. The summed E-state index contributed by atoms with van der Waals surface area (Å²) in [5, 5.41) is 6.47. The maximum Gasteiger partial charge on any atom is 0.255 e. The summed E-state index contributed by atoms with van der Waals surface area (Å²) in [6.07, 6.45) is 3.14. The van der Waals surface area contributed by atoms with E-state index in [-0.39, 0.29) is 23.7 Å². The van der Waals surface area contributed by atoms with E-state index in [1.54, 1.807) is 25.4 Å². The largest absolute Gasteiger partial charge is 0.481 e. The van der Waals surface area contributed by atoms with Crippen LogP contribution >= 0.6 is 0 Å². The van der Waals surface area contributed by atoms with E-state index in [9.17, 15) is 9.18 Å². The second-order valence-corrected chi connectivity index (χ2v) is 8.41.